The lowest BCUT2D eigenvalue weighted by Gasteiger charge is -2.30. The summed E-state index contributed by atoms with van der Waals surface area (Å²) in [7, 11) is -3.86. The number of furan rings is 1. The van der Waals surface area contributed by atoms with Crippen LogP contribution in [0.4, 0.5) is 0 Å². The fraction of sp³-hybridized carbons (Fsp3) is 0.476. The molecule has 1 aliphatic heterocycles. The van der Waals surface area contributed by atoms with Crippen molar-refractivity contribution in [2.45, 2.75) is 50.3 Å². The van der Waals surface area contributed by atoms with Crippen molar-refractivity contribution < 1.29 is 22.4 Å². The Labute approximate surface area is 182 Å². The highest BCUT2D eigenvalue weighted by Crippen LogP contribution is 2.22. The van der Waals surface area contributed by atoms with Crippen LogP contribution in [0.5, 0.6) is 0 Å². The van der Waals surface area contributed by atoms with Crippen molar-refractivity contribution in [3.63, 3.8) is 0 Å². The summed E-state index contributed by atoms with van der Waals surface area (Å²) < 4.78 is 38.6. The quantitative estimate of drug-likeness (QED) is 0.579. The first kappa shape index (κ1) is 22.8. The second-order valence-electron chi connectivity index (χ2n) is 7.59. The minimum atomic E-state index is -3.86. The largest absolute Gasteiger partial charge is 0.467 e. The summed E-state index contributed by atoms with van der Waals surface area (Å²) in [6, 6.07) is 9.10. The van der Waals surface area contributed by atoms with Gasteiger partial charge in [-0.15, -0.1) is 0 Å². The lowest BCUT2D eigenvalue weighted by Crippen LogP contribution is -2.47. The van der Waals surface area contributed by atoms with Gasteiger partial charge in [0.25, 0.3) is 0 Å². The lowest BCUT2D eigenvalue weighted by molar-refractivity contribution is -0.134. The van der Waals surface area contributed by atoms with E-state index in [1.54, 1.807) is 37.1 Å². The van der Waals surface area contributed by atoms with E-state index in [4.69, 9.17) is 20.8 Å². The van der Waals surface area contributed by atoms with Crippen LogP contribution >= 0.6 is 11.6 Å². The van der Waals surface area contributed by atoms with E-state index in [1.807, 2.05) is 0 Å². The van der Waals surface area contributed by atoms with Gasteiger partial charge in [-0.05, 0) is 63.1 Å². The van der Waals surface area contributed by atoms with Crippen LogP contribution in [0.25, 0.3) is 0 Å². The minimum Gasteiger partial charge on any atom is -0.467 e. The first-order chi connectivity index (χ1) is 14.3. The minimum absolute atomic E-state index is 0.0516. The van der Waals surface area contributed by atoms with Crippen molar-refractivity contribution in [3.8, 4) is 0 Å². The van der Waals surface area contributed by atoms with Gasteiger partial charge in [0.2, 0.25) is 15.9 Å². The highest BCUT2D eigenvalue weighted by atomic mass is 35.5. The number of amides is 1. The number of nitrogens with zero attached hydrogens (tertiary/aromatic N) is 2. The molecule has 1 atom stereocenters. The average Bonchev–Trinajstić information content (AvgIpc) is 3.39. The van der Waals surface area contributed by atoms with Crippen molar-refractivity contribution in [2.24, 2.45) is 0 Å². The molecule has 3 rings (SSSR count). The van der Waals surface area contributed by atoms with Crippen LogP contribution in [0.3, 0.4) is 0 Å². The molecule has 0 saturated carbocycles. The number of hydrogen-bond acceptors (Lipinski definition) is 5. The van der Waals surface area contributed by atoms with E-state index in [0.717, 1.165) is 12.8 Å². The summed E-state index contributed by atoms with van der Waals surface area (Å²) in [5.41, 5.74) is 0. The summed E-state index contributed by atoms with van der Waals surface area (Å²) in [5, 5.41) is 0.447. The normalized spacial score (nSPS) is 17.0. The third-order valence-electron chi connectivity index (χ3n) is 5.01. The van der Waals surface area contributed by atoms with Gasteiger partial charge in [-0.2, -0.15) is 4.31 Å². The molecule has 0 radical (unpaired) electrons. The molecule has 2 heterocycles. The van der Waals surface area contributed by atoms with Crippen LogP contribution < -0.4 is 0 Å². The Morgan fingerprint density at radius 2 is 1.97 bits per heavy atom. The van der Waals surface area contributed by atoms with E-state index in [9.17, 15) is 13.2 Å². The van der Waals surface area contributed by atoms with Crippen LogP contribution in [0.2, 0.25) is 5.02 Å². The van der Waals surface area contributed by atoms with Crippen molar-refractivity contribution in [1.82, 2.24) is 9.21 Å². The van der Waals surface area contributed by atoms with Gasteiger partial charge in [0, 0.05) is 24.2 Å². The maximum Gasteiger partial charge on any atom is 0.243 e. The number of halogens is 1. The number of hydrogen-bond donors (Lipinski definition) is 0. The maximum absolute atomic E-state index is 13.2. The fourth-order valence-electron chi connectivity index (χ4n) is 3.40. The molecule has 1 saturated heterocycles. The molecule has 1 aliphatic rings. The van der Waals surface area contributed by atoms with E-state index in [-0.39, 0.29) is 30.0 Å². The molecule has 2 aromatic rings. The zero-order chi connectivity index (χ0) is 21.7. The standard InChI is InChI=1S/C21H27ClN2O5S/c1-16(2)24(30(26,27)20-9-7-17(22)8-10-20)15-21(25)23(13-18-5-3-11-28-18)14-19-6-4-12-29-19/h3,5,7-11,16,19H,4,6,12-15H2,1-2H3. The van der Waals surface area contributed by atoms with E-state index in [1.165, 1.54) is 28.6 Å². The Morgan fingerprint density at radius 3 is 2.53 bits per heavy atom. The summed E-state index contributed by atoms with van der Waals surface area (Å²) in [6.45, 7) is 4.56. The molecule has 1 aromatic carbocycles. The second-order valence-corrected chi connectivity index (χ2v) is 9.91. The molecular formula is C21H27ClN2O5S. The van der Waals surface area contributed by atoms with Crippen LogP contribution in [0.1, 0.15) is 32.4 Å². The number of ether oxygens (including phenoxy) is 1. The molecule has 1 amide bonds. The van der Waals surface area contributed by atoms with Gasteiger partial charge in [0.1, 0.15) is 5.76 Å². The molecule has 0 N–H and O–H groups in total. The summed E-state index contributed by atoms with van der Waals surface area (Å²) >= 11 is 5.89. The molecule has 30 heavy (non-hydrogen) atoms. The first-order valence-electron chi connectivity index (χ1n) is 9.96. The zero-order valence-corrected chi connectivity index (χ0v) is 18.7. The molecule has 0 spiro atoms. The number of carbonyl (C=O) groups is 1. The zero-order valence-electron chi connectivity index (χ0n) is 17.2. The van der Waals surface area contributed by atoms with Crippen molar-refractivity contribution >= 4 is 27.5 Å². The summed E-state index contributed by atoms with van der Waals surface area (Å²) in [4.78, 5) is 14.9. The molecule has 1 unspecified atom stereocenters. The highest BCUT2D eigenvalue weighted by molar-refractivity contribution is 7.89. The molecule has 1 fully saturated rings. The van der Waals surface area contributed by atoms with Gasteiger partial charge in [-0.3, -0.25) is 4.79 Å². The Morgan fingerprint density at radius 1 is 1.23 bits per heavy atom. The van der Waals surface area contributed by atoms with Crippen molar-refractivity contribution in [1.29, 1.82) is 0 Å². The Bertz CT molecular complexity index is 923. The molecule has 9 heteroatoms. The monoisotopic (exact) mass is 454 g/mol. The molecule has 0 aliphatic carbocycles. The van der Waals surface area contributed by atoms with Gasteiger partial charge in [-0.25, -0.2) is 8.42 Å². The van der Waals surface area contributed by atoms with Crippen LogP contribution in [-0.4, -0.2) is 55.4 Å². The van der Waals surface area contributed by atoms with E-state index >= 15 is 0 Å². The Kier molecular flexibility index (Phi) is 7.57. The van der Waals surface area contributed by atoms with Crippen LogP contribution in [-0.2, 0) is 26.1 Å². The maximum atomic E-state index is 13.2. The number of carbonyl (C=O) groups excluding carboxylic acids is 1. The van der Waals surface area contributed by atoms with Gasteiger partial charge >= 0.3 is 0 Å². The molecule has 1 aromatic heterocycles. The smallest absolute Gasteiger partial charge is 0.243 e. The highest BCUT2D eigenvalue weighted by Gasteiger charge is 2.32. The Balaban J connectivity index is 1.80. The molecule has 0 bridgehead atoms. The third kappa shape index (κ3) is 5.63. The number of rotatable bonds is 9. The first-order valence-corrected chi connectivity index (χ1v) is 11.8. The number of sulfonamides is 1. The predicted octanol–water partition coefficient (Wildman–Crippen LogP) is 3.54. The molecular weight excluding hydrogens is 428 g/mol. The lowest BCUT2D eigenvalue weighted by atomic mass is 10.2. The fourth-order valence-corrected chi connectivity index (χ4v) is 5.11. The van der Waals surface area contributed by atoms with Gasteiger partial charge in [-0.1, -0.05) is 11.6 Å². The van der Waals surface area contributed by atoms with Gasteiger partial charge in [0.05, 0.1) is 30.4 Å². The van der Waals surface area contributed by atoms with Gasteiger partial charge < -0.3 is 14.1 Å². The topological polar surface area (TPSA) is 80.1 Å². The molecule has 7 nitrogen and oxygen atoms in total. The van der Waals surface area contributed by atoms with Crippen LogP contribution in [0, 0.1) is 0 Å². The van der Waals surface area contributed by atoms with Crippen molar-refractivity contribution in [3.05, 3.63) is 53.4 Å². The third-order valence-corrected chi connectivity index (χ3v) is 7.30. The summed E-state index contributed by atoms with van der Waals surface area (Å²) in [5.74, 6) is 0.339. The van der Waals surface area contributed by atoms with E-state index < -0.39 is 16.1 Å². The SMILES string of the molecule is CC(C)N(CC(=O)N(Cc1ccco1)CC1CCCO1)S(=O)(=O)c1ccc(Cl)cc1. The summed E-state index contributed by atoms with van der Waals surface area (Å²) in [6.07, 6.45) is 3.33. The van der Waals surface area contributed by atoms with Gasteiger partial charge in [0.15, 0.2) is 0 Å². The molecule has 164 valence electrons. The second kappa shape index (κ2) is 9.96. The predicted molar refractivity (Wildman–Crippen MR) is 114 cm³/mol. The average molecular weight is 455 g/mol. The van der Waals surface area contributed by atoms with Crippen molar-refractivity contribution in [2.75, 3.05) is 19.7 Å². The Hall–Kier alpha value is -1.87. The van der Waals surface area contributed by atoms with Crippen LogP contribution in [0.15, 0.2) is 52.0 Å². The number of benzene rings is 1. The van der Waals surface area contributed by atoms with E-state index in [2.05, 4.69) is 0 Å². The van der Waals surface area contributed by atoms with E-state index in [0.29, 0.717) is 23.9 Å².